The Labute approximate surface area is 135 Å². The summed E-state index contributed by atoms with van der Waals surface area (Å²) in [4.78, 5) is 14.8. The van der Waals surface area contributed by atoms with Gasteiger partial charge in [-0.2, -0.15) is 0 Å². The number of benzene rings is 2. The Morgan fingerprint density at radius 3 is 2.59 bits per heavy atom. The van der Waals surface area contributed by atoms with E-state index in [1.54, 1.807) is 0 Å². The molecule has 1 atom stereocenters. The van der Waals surface area contributed by atoms with Gasteiger partial charge in [0.2, 0.25) is 0 Å². The van der Waals surface area contributed by atoms with E-state index in [4.69, 9.17) is 11.6 Å². The van der Waals surface area contributed by atoms with Gasteiger partial charge in [-0.25, -0.2) is 0 Å². The second-order valence-electron chi connectivity index (χ2n) is 5.99. The lowest BCUT2D eigenvalue weighted by Gasteiger charge is -2.36. The molecule has 0 saturated carbocycles. The fraction of sp³-hybridized carbons (Fsp3) is 0.278. The first-order valence-corrected chi connectivity index (χ1v) is 7.86. The van der Waals surface area contributed by atoms with Gasteiger partial charge in [-0.15, -0.1) is 0 Å². The summed E-state index contributed by atoms with van der Waals surface area (Å²) < 4.78 is 0. The smallest absolute Gasteiger partial charge is 0.254 e. The largest absolute Gasteiger partial charge is 0.368 e. The number of nitrogens with one attached hydrogen (secondary N) is 1. The van der Waals surface area contributed by atoms with Gasteiger partial charge >= 0.3 is 0 Å². The fourth-order valence-electron chi connectivity index (χ4n) is 2.78. The van der Waals surface area contributed by atoms with Crippen molar-refractivity contribution < 1.29 is 4.79 Å². The third kappa shape index (κ3) is 2.81. The monoisotopic (exact) mass is 314 g/mol. The normalized spacial score (nSPS) is 17.4. The molecule has 1 heterocycles. The molecule has 0 aliphatic carbocycles. The minimum absolute atomic E-state index is 0.0784. The van der Waals surface area contributed by atoms with Crippen molar-refractivity contribution in [2.75, 3.05) is 16.8 Å². The Bertz CT molecular complexity index is 685. The molecule has 0 fully saturated rings. The van der Waals surface area contributed by atoms with Crippen LogP contribution in [0.25, 0.3) is 0 Å². The second kappa shape index (κ2) is 6.01. The van der Waals surface area contributed by atoms with E-state index in [2.05, 4.69) is 19.2 Å². The van der Waals surface area contributed by atoms with E-state index in [0.29, 0.717) is 17.5 Å². The van der Waals surface area contributed by atoms with Crippen molar-refractivity contribution in [2.45, 2.75) is 19.9 Å². The average Bonchev–Trinajstić information content (AvgIpc) is 2.50. The van der Waals surface area contributed by atoms with Gasteiger partial charge in [-0.3, -0.25) is 4.79 Å². The highest BCUT2D eigenvalue weighted by Crippen LogP contribution is 2.38. The van der Waals surface area contributed by atoms with Gasteiger partial charge in [0.15, 0.2) is 0 Å². The molecule has 114 valence electrons. The van der Waals surface area contributed by atoms with Crippen LogP contribution in [0.15, 0.2) is 48.5 Å². The number of anilines is 2. The number of hydrogen-bond acceptors (Lipinski definition) is 2. The Balaban J connectivity index is 2.05. The van der Waals surface area contributed by atoms with Gasteiger partial charge in [0.25, 0.3) is 5.91 Å². The molecule has 2 aromatic rings. The molecule has 22 heavy (non-hydrogen) atoms. The number of carbonyl (C=O) groups is 1. The maximum atomic E-state index is 12.9. The number of halogens is 1. The first-order valence-electron chi connectivity index (χ1n) is 7.48. The Kier molecular flexibility index (Phi) is 4.08. The SMILES string of the molecule is CC(C)CN1C(=O)C(c2ccccc2)Nc2cc(Cl)ccc21. The average molecular weight is 315 g/mol. The van der Waals surface area contributed by atoms with Crippen LogP contribution in [0.2, 0.25) is 5.02 Å². The lowest BCUT2D eigenvalue weighted by molar-refractivity contribution is -0.119. The van der Waals surface area contributed by atoms with Crippen molar-refractivity contribution in [3.8, 4) is 0 Å². The van der Waals surface area contributed by atoms with E-state index >= 15 is 0 Å². The standard InChI is InChI=1S/C18H19ClN2O/c1-12(2)11-21-16-9-8-14(19)10-15(16)20-17(18(21)22)13-6-4-3-5-7-13/h3-10,12,17,20H,11H2,1-2H3. The Morgan fingerprint density at radius 1 is 1.18 bits per heavy atom. The molecule has 1 aliphatic heterocycles. The predicted molar refractivity (Wildman–Crippen MR) is 91.4 cm³/mol. The quantitative estimate of drug-likeness (QED) is 0.905. The van der Waals surface area contributed by atoms with E-state index in [1.807, 2.05) is 53.4 Å². The summed E-state index contributed by atoms with van der Waals surface area (Å²) in [6.07, 6.45) is 0. The summed E-state index contributed by atoms with van der Waals surface area (Å²) >= 11 is 6.12. The summed E-state index contributed by atoms with van der Waals surface area (Å²) in [6.45, 7) is 4.92. The summed E-state index contributed by atoms with van der Waals surface area (Å²) in [7, 11) is 0. The number of hydrogen-bond donors (Lipinski definition) is 1. The molecule has 0 radical (unpaired) electrons. The van der Waals surface area contributed by atoms with E-state index in [1.165, 1.54) is 0 Å². The zero-order valence-electron chi connectivity index (χ0n) is 12.7. The fourth-order valence-corrected chi connectivity index (χ4v) is 2.95. The number of rotatable bonds is 3. The zero-order chi connectivity index (χ0) is 15.7. The molecule has 1 aliphatic rings. The molecule has 0 bridgehead atoms. The molecule has 4 heteroatoms. The van der Waals surface area contributed by atoms with Crippen LogP contribution in [0.3, 0.4) is 0 Å². The van der Waals surface area contributed by atoms with Crippen LogP contribution in [0.5, 0.6) is 0 Å². The highest BCUT2D eigenvalue weighted by molar-refractivity contribution is 6.31. The third-order valence-electron chi connectivity index (χ3n) is 3.74. The molecular formula is C18H19ClN2O. The van der Waals surface area contributed by atoms with E-state index in [-0.39, 0.29) is 11.9 Å². The van der Waals surface area contributed by atoms with Crippen LogP contribution in [0.4, 0.5) is 11.4 Å². The number of carbonyl (C=O) groups excluding carboxylic acids is 1. The van der Waals surface area contributed by atoms with Gasteiger partial charge in [0.05, 0.1) is 11.4 Å². The molecule has 1 N–H and O–H groups in total. The van der Waals surface area contributed by atoms with E-state index < -0.39 is 0 Å². The second-order valence-corrected chi connectivity index (χ2v) is 6.43. The molecule has 0 aromatic heterocycles. The molecular weight excluding hydrogens is 296 g/mol. The van der Waals surface area contributed by atoms with Crippen LogP contribution in [-0.4, -0.2) is 12.5 Å². The molecule has 0 saturated heterocycles. The van der Waals surface area contributed by atoms with E-state index in [9.17, 15) is 4.79 Å². The molecule has 1 amide bonds. The van der Waals surface area contributed by atoms with Crippen molar-refractivity contribution in [3.05, 3.63) is 59.1 Å². The first-order chi connectivity index (χ1) is 10.6. The maximum Gasteiger partial charge on any atom is 0.254 e. The first kappa shape index (κ1) is 14.9. The zero-order valence-corrected chi connectivity index (χ0v) is 13.5. The highest BCUT2D eigenvalue weighted by Gasteiger charge is 2.33. The molecule has 2 aromatic carbocycles. The molecule has 3 nitrogen and oxygen atoms in total. The third-order valence-corrected chi connectivity index (χ3v) is 3.98. The molecule has 0 spiro atoms. The minimum Gasteiger partial charge on any atom is -0.368 e. The van der Waals surface area contributed by atoms with Crippen molar-refractivity contribution >= 4 is 28.9 Å². The summed E-state index contributed by atoms with van der Waals surface area (Å²) in [6, 6.07) is 15.0. The summed E-state index contributed by atoms with van der Waals surface area (Å²) in [5, 5.41) is 4.00. The topological polar surface area (TPSA) is 32.3 Å². The minimum atomic E-state index is -0.370. The summed E-state index contributed by atoms with van der Waals surface area (Å²) in [5.41, 5.74) is 2.77. The van der Waals surface area contributed by atoms with E-state index in [0.717, 1.165) is 16.9 Å². The number of fused-ring (bicyclic) bond motifs is 1. The maximum absolute atomic E-state index is 12.9. The van der Waals surface area contributed by atoms with Gasteiger partial charge in [0.1, 0.15) is 6.04 Å². The lowest BCUT2D eigenvalue weighted by atomic mass is 10.0. The van der Waals surface area contributed by atoms with Gasteiger partial charge in [-0.05, 0) is 29.7 Å². The van der Waals surface area contributed by atoms with Crippen LogP contribution >= 0.6 is 11.6 Å². The molecule has 1 unspecified atom stereocenters. The van der Waals surface area contributed by atoms with Crippen molar-refractivity contribution in [3.63, 3.8) is 0 Å². The van der Waals surface area contributed by atoms with Crippen LogP contribution < -0.4 is 10.2 Å². The van der Waals surface area contributed by atoms with Crippen LogP contribution in [-0.2, 0) is 4.79 Å². The summed E-state index contributed by atoms with van der Waals surface area (Å²) in [5.74, 6) is 0.469. The van der Waals surface area contributed by atoms with Gasteiger partial charge in [-0.1, -0.05) is 55.8 Å². The Morgan fingerprint density at radius 2 is 1.91 bits per heavy atom. The number of nitrogens with zero attached hydrogens (tertiary/aromatic N) is 1. The lowest BCUT2D eigenvalue weighted by Crippen LogP contribution is -2.44. The number of amides is 1. The van der Waals surface area contributed by atoms with Crippen LogP contribution in [0.1, 0.15) is 25.5 Å². The van der Waals surface area contributed by atoms with Crippen LogP contribution in [0, 0.1) is 5.92 Å². The van der Waals surface area contributed by atoms with Gasteiger partial charge in [0, 0.05) is 11.6 Å². The van der Waals surface area contributed by atoms with Crippen molar-refractivity contribution in [2.24, 2.45) is 5.92 Å². The van der Waals surface area contributed by atoms with Crippen molar-refractivity contribution in [1.82, 2.24) is 0 Å². The highest BCUT2D eigenvalue weighted by atomic mass is 35.5. The predicted octanol–water partition coefficient (Wildman–Crippen LogP) is 4.50. The van der Waals surface area contributed by atoms with Crippen molar-refractivity contribution in [1.29, 1.82) is 0 Å². The molecule has 3 rings (SSSR count). The van der Waals surface area contributed by atoms with Gasteiger partial charge < -0.3 is 10.2 Å². The Hall–Kier alpha value is -2.00.